The van der Waals surface area contributed by atoms with Gasteiger partial charge in [0.05, 0.1) is 17.7 Å². The molecule has 10 nitrogen and oxygen atoms in total. The molecule has 0 aliphatic heterocycles. The van der Waals surface area contributed by atoms with E-state index in [1.54, 1.807) is 39.2 Å². The molecule has 0 aliphatic carbocycles. The molecule has 0 bridgehead atoms. The van der Waals surface area contributed by atoms with E-state index in [9.17, 15) is 31.1 Å². The van der Waals surface area contributed by atoms with Crippen molar-refractivity contribution in [1.29, 1.82) is 0 Å². The first-order valence-electron chi connectivity index (χ1n) is 21.1. The molecule has 66 heavy (non-hydrogen) atoms. The third kappa shape index (κ3) is 11.3. The highest BCUT2D eigenvalue weighted by Gasteiger charge is 2.31. The molecule has 1 unspecified atom stereocenters. The van der Waals surface area contributed by atoms with E-state index in [0.29, 0.717) is 23.7 Å². The van der Waals surface area contributed by atoms with Gasteiger partial charge in [0.15, 0.2) is 0 Å². The maximum Gasteiger partial charge on any atom is 0.416 e. The molecular weight excluding hydrogens is 859 g/mol. The molecule has 342 valence electrons. The minimum absolute atomic E-state index is 0.00249. The van der Waals surface area contributed by atoms with Crippen LogP contribution in [0.3, 0.4) is 0 Å². The second-order valence-electron chi connectivity index (χ2n) is 16.9. The first-order chi connectivity index (χ1) is 31.2. The Bertz CT molecular complexity index is 2940. The third-order valence-electron chi connectivity index (χ3n) is 10.9. The number of aromatic nitrogens is 6. The molecule has 6 heterocycles. The SMILES string of the molecule is Cc1nc(N(Cc2ccc(C(F)(F)F)cc2)C(=O)OC(C)(C)C)ccc1C(C)c1c[nH]c2ncccc12.Cc1nc(NCc2ccc(C(F)(F)F)cc2)ccc1Cc1c[nH]c2ncccc12. The monoisotopic (exact) mass is 906 g/mol. The highest BCUT2D eigenvalue weighted by molar-refractivity contribution is 5.87. The molecule has 16 heteroatoms. The number of aromatic amines is 2. The summed E-state index contributed by atoms with van der Waals surface area (Å²) in [7, 11) is 0. The molecule has 2 aromatic carbocycles. The number of halogens is 6. The summed E-state index contributed by atoms with van der Waals surface area (Å²) in [5, 5.41) is 5.29. The second-order valence-corrected chi connectivity index (χ2v) is 16.9. The number of pyridine rings is 4. The normalized spacial score (nSPS) is 12.4. The van der Waals surface area contributed by atoms with Crippen molar-refractivity contribution in [3.8, 4) is 0 Å². The first kappa shape index (κ1) is 46.8. The standard InChI is InChI=1S/C28H29F3N4O2.C22H19F3N4/c1-17(23-15-33-25-22(23)7-6-14-32-25)21-12-13-24(34-18(21)2)35(26(36)37-27(3,4)5)16-19-8-10-20(11-9-19)28(29,30)31;1-14-16(11-17-13-28-21-19(17)3-2-10-26-21)6-9-20(29-14)27-12-15-4-7-18(8-5-15)22(23,24)25/h6-15,17H,16H2,1-5H3,(H,32,33);2-10,13H,11-12H2,1H3,(H,26,28)(H,27,29). The Balaban J connectivity index is 0.000000202. The number of carbonyl (C=O) groups is 1. The quantitative estimate of drug-likeness (QED) is 0.117. The number of benzene rings is 2. The van der Waals surface area contributed by atoms with Gasteiger partial charge in [-0.05, 0) is 129 Å². The molecule has 0 saturated heterocycles. The molecule has 0 fully saturated rings. The smallest absolute Gasteiger partial charge is 0.416 e. The molecule has 1 atom stereocenters. The number of carbonyl (C=O) groups excluding carboxylic acids is 1. The largest absolute Gasteiger partial charge is 0.443 e. The molecule has 0 saturated carbocycles. The van der Waals surface area contributed by atoms with Gasteiger partial charge in [-0.2, -0.15) is 26.3 Å². The van der Waals surface area contributed by atoms with Gasteiger partial charge in [-0.3, -0.25) is 4.90 Å². The maximum atomic E-state index is 13.1. The lowest BCUT2D eigenvalue weighted by Gasteiger charge is -2.27. The van der Waals surface area contributed by atoms with Crippen molar-refractivity contribution < 1.29 is 35.9 Å². The van der Waals surface area contributed by atoms with E-state index in [4.69, 9.17) is 9.72 Å². The summed E-state index contributed by atoms with van der Waals surface area (Å²) in [5.74, 6) is 1.04. The van der Waals surface area contributed by atoms with Crippen LogP contribution in [0.2, 0.25) is 0 Å². The number of nitrogens with one attached hydrogen (secondary N) is 3. The fraction of sp³-hybridized carbons (Fsp3) is 0.260. The Kier molecular flexibility index (Phi) is 13.5. The zero-order valence-corrected chi connectivity index (χ0v) is 37.1. The summed E-state index contributed by atoms with van der Waals surface area (Å²) in [4.78, 5) is 38.8. The fourth-order valence-electron chi connectivity index (χ4n) is 7.45. The van der Waals surface area contributed by atoms with Crippen molar-refractivity contribution in [1.82, 2.24) is 29.9 Å². The van der Waals surface area contributed by atoms with E-state index in [2.05, 4.69) is 37.2 Å². The van der Waals surface area contributed by atoms with Crippen LogP contribution in [0.1, 0.15) is 89.5 Å². The van der Waals surface area contributed by atoms with Crippen LogP contribution < -0.4 is 10.2 Å². The topological polar surface area (TPSA) is 125 Å². The van der Waals surface area contributed by atoms with E-state index in [0.717, 1.165) is 92.0 Å². The number of H-pyrrole nitrogens is 2. The average molecular weight is 907 g/mol. The van der Waals surface area contributed by atoms with Crippen LogP contribution in [0.5, 0.6) is 0 Å². The van der Waals surface area contributed by atoms with Crippen molar-refractivity contribution in [2.45, 2.75) is 84.9 Å². The van der Waals surface area contributed by atoms with Crippen LogP contribution in [0.25, 0.3) is 22.1 Å². The lowest BCUT2D eigenvalue weighted by molar-refractivity contribution is -0.138. The van der Waals surface area contributed by atoms with Gasteiger partial charge < -0.3 is 20.0 Å². The molecule has 8 rings (SSSR count). The molecule has 0 spiro atoms. The molecule has 3 N–H and O–H groups in total. The number of anilines is 2. The number of nitrogens with zero attached hydrogens (tertiary/aromatic N) is 5. The van der Waals surface area contributed by atoms with Crippen LogP contribution in [0.4, 0.5) is 42.8 Å². The van der Waals surface area contributed by atoms with Crippen molar-refractivity contribution in [3.63, 3.8) is 0 Å². The predicted molar refractivity (Wildman–Crippen MR) is 243 cm³/mol. The van der Waals surface area contributed by atoms with Crippen LogP contribution in [0.15, 0.2) is 122 Å². The van der Waals surface area contributed by atoms with Crippen molar-refractivity contribution in [3.05, 3.63) is 178 Å². The number of ether oxygens (including phenoxy) is 1. The van der Waals surface area contributed by atoms with Crippen LogP contribution in [-0.2, 0) is 36.6 Å². The highest BCUT2D eigenvalue weighted by Crippen LogP contribution is 2.34. The zero-order chi connectivity index (χ0) is 47.4. The summed E-state index contributed by atoms with van der Waals surface area (Å²) < 4.78 is 82.5. The Morgan fingerprint density at radius 3 is 1.86 bits per heavy atom. The van der Waals surface area contributed by atoms with E-state index in [1.165, 1.54) is 29.2 Å². The molecule has 0 radical (unpaired) electrons. The molecule has 8 aromatic rings. The minimum atomic E-state index is -4.44. The fourth-order valence-corrected chi connectivity index (χ4v) is 7.45. The van der Waals surface area contributed by atoms with Gasteiger partial charge in [-0.15, -0.1) is 0 Å². The molecule has 1 amide bonds. The number of aryl methyl sites for hydroxylation is 2. The van der Waals surface area contributed by atoms with Crippen LogP contribution in [0, 0.1) is 13.8 Å². The van der Waals surface area contributed by atoms with Crippen LogP contribution in [-0.4, -0.2) is 41.6 Å². The average Bonchev–Trinajstić information content (AvgIpc) is 3.89. The van der Waals surface area contributed by atoms with Crippen molar-refractivity contribution >= 4 is 39.8 Å². The number of hydrogen-bond acceptors (Lipinski definition) is 7. The number of rotatable bonds is 10. The molecule has 6 aromatic heterocycles. The van der Waals surface area contributed by atoms with E-state index >= 15 is 0 Å². The van der Waals surface area contributed by atoms with Crippen molar-refractivity contribution in [2.24, 2.45) is 0 Å². The third-order valence-corrected chi connectivity index (χ3v) is 10.9. The predicted octanol–water partition coefficient (Wildman–Crippen LogP) is 12.9. The van der Waals surface area contributed by atoms with Gasteiger partial charge >= 0.3 is 18.4 Å². The van der Waals surface area contributed by atoms with Gasteiger partial charge in [-0.25, -0.2) is 24.7 Å². The Morgan fingerprint density at radius 1 is 0.682 bits per heavy atom. The Morgan fingerprint density at radius 2 is 1.27 bits per heavy atom. The lowest BCUT2D eigenvalue weighted by atomic mass is 9.92. The van der Waals surface area contributed by atoms with Gasteiger partial charge in [0.25, 0.3) is 0 Å². The molecular formula is C50H48F6N8O2. The Labute approximate surface area is 377 Å². The van der Waals surface area contributed by atoms with Gasteiger partial charge in [0, 0.05) is 65.8 Å². The number of alkyl halides is 6. The van der Waals surface area contributed by atoms with Crippen molar-refractivity contribution in [2.75, 3.05) is 10.2 Å². The summed E-state index contributed by atoms with van der Waals surface area (Å²) in [6, 6.07) is 25.3. The van der Waals surface area contributed by atoms with Gasteiger partial charge in [0.2, 0.25) is 0 Å². The number of amides is 1. The van der Waals surface area contributed by atoms with Gasteiger partial charge in [0.1, 0.15) is 28.5 Å². The minimum Gasteiger partial charge on any atom is -0.443 e. The molecule has 0 aliphatic rings. The summed E-state index contributed by atoms with van der Waals surface area (Å²) >= 11 is 0. The van der Waals surface area contributed by atoms with Gasteiger partial charge in [-0.1, -0.05) is 43.3 Å². The maximum absolute atomic E-state index is 13.1. The number of hydrogen-bond donors (Lipinski definition) is 3. The highest BCUT2D eigenvalue weighted by atomic mass is 19.4. The summed E-state index contributed by atoms with van der Waals surface area (Å²) in [6.07, 6.45) is -1.26. The lowest BCUT2D eigenvalue weighted by Crippen LogP contribution is -2.37. The van der Waals surface area contributed by atoms with E-state index in [-0.39, 0.29) is 12.5 Å². The summed E-state index contributed by atoms with van der Waals surface area (Å²) in [5.41, 5.74) is 6.73. The van der Waals surface area contributed by atoms with E-state index in [1.807, 2.05) is 68.7 Å². The van der Waals surface area contributed by atoms with Crippen LogP contribution >= 0.6 is 0 Å². The Hall–Kier alpha value is -7.23. The summed E-state index contributed by atoms with van der Waals surface area (Å²) in [6.45, 7) is 11.6. The first-order valence-corrected chi connectivity index (χ1v) is 21.1. The van der Waals surface area contributed by atoms with E-state index < -0.39 is 35.2 Å². The second kappa shape index (κ2) is 19.1. The number of fused-ring (bicyclic) bond motifs is 2. The zero-order valence-electron chi connectivity index (χ0n) is 37.1.